The molecule has 0 spiro atoms. The molecular weight excluding hydrogens is 239 g/mol. The Morgan fingerprint density at radius 1 is 1.31 bits per heavy atom. The van der Waals surface area contributed by atoms with E-state index in [-0.39, 0.29) is 38.8 Å². The molecular formula is C10H10NOY+2. The average Bonchev–Trinajstić information content (AvgIpc) is 2.17. The molecule has 0 radical (unpaired) electrons. The molecule has 1 aliphatic heterocycles. The second-order valence-electron chi connectivity index (χ2n) is 3.02. The summed E-state index contributed by atoms with van der Waals surface area (Å²) < 4.78 is 0. The van der Waals surface area contributed by atoms with Gasteiger partial charge in [0.15, 0.2) is 0 Å². The first-order valence-electron chi connectivity index (χ1n) is 4.09. The zero-order valence-electron chi connectivity index (χ0n) is 7.31. The van der Waals surface area contributed by atoms with Crippen LogP contribution in [0.25, 0.3) is 5.32 Å². The van der Waals surface area contributed by atoms with Crippen LogP contribution >= 0.6 is 0 Å². The maximum Gasteiger partial charge on any atom is 3.00 e. The molecule has 0 bridgehead atoms. The number of nitrogens with zero attached hydrogens (tertiary/aromatic N) is 1. The van der Waals surface area contributed by atoms with Crippen molar-refractivity contribution in [3.63, 3.8) is 0 Å². The molecule has 2 rings (SSSR count). The maximum absolute atomic E-state index is 10.5. The fourth-order valence-corrected chi connectivity index (χ4v) is 1.51. The van der Waals surface area contributed by atoms with Crippen LogP contribution in [0.4, 0.5) is 0 Å². The summed E-state index contributed by atoms with van der Waals surface area (Å²) in [4.78, 5) is 10.5. The van der Waals surface area contributed by atoms with Crippen LogP contribution < -0.4 is 0 Å². The van der Waals surface area contributed by atoms with Crippen molar-refractivity contribution in [2.24, 2.45) is 0 Å². The molecule has 1 unspecified atom stereocenters. The predicted molar refractivity (Wildman–Crippen MR) is 47.1 cm³/mol. The summed E-state index contributed by atoms with van der Waals surface area (Å²) in [5.41, 5.74) is 2.53. The number of carbonyl (C=O) groups excluding carboxylic acids is 1. The van der Waals surface area contributed by atoms with Gasteiger partial charge in [-0.25, -0.2) is 0 Å². The third-order valence-electron chi connectivity index (χ3n) is 2.20. The van der Waals surface area contributed by atoms with E-state index in [1.54, 1.807) is 0 Å². The largest absolute Gasteiger partial charge is 3.00 e. The average molecular weight is 249 g/mol. The first kappa shape index (κ1) is 11.0. The van der Waals surface area contributed by atoms with Gasteiger partial charge in [-0.15, -0.1) is 6.54 Å². The molecule has 13 heavy (non-hydrogen) atoms. The summed E-state index contributed by atoms with van der Waals surface area (Å²) in [5, 5.41) is 4.22. The Morgan fingerprint density at radius 2 is 2.00 bits per heavy atom. The summed E-state index contributed by atoms with van der Waals surface area (Å²) in [6.07, 6.45) is 1.70. The van der Waals surface area contributed by atoms with Crippen molar-refractivity contribution in [1.29, 1.82) is 0 Å². The fraction of sp³-hybridized carbons (Fsp3) is 0.300. The quantitative estimate of drug-likeness (QED) is 0.696. The van der Waals surface area contributed by atoms with E-state index in [0.29, 0.717) is 6.54 Å². The minimum Gasteiger partial charge on any atom is -0.649 e. The number of rotatable bonds is 1. The molecule has 1 atom stereocenters. The molecule has 1 aromatic carbocycles. The van der Waals surface area contributed by atoms with Crippen molar-refractivity contribution in [3.8, 4) is 0 Å². The predicted octanol–water partition coefficient (Wildman–Crippen LogP) is 1.68. The minimum atomic E-state index is -0.111. The van der Waals surface area contributed by atoms with Crippen molar-refractivity contribution in [2.75, 3.05) is 0 Å². The van der Waals surface area contributed by atoms with E-state index < -0.39 is 0 Å². The number of hydrogen-bond acceptors (Lipinski definition) is 1. The van der Waals surface area contributed by atoms with Gasteiger partial charge in [-0.3, -0.25) is 0 Å². The van der Waals surface area contributed by atoms with E-state index in [2.05, 4.69) is 17.4 Å². The summed E-state index contributed by atoms with van der Waals surface area (Å²) in [6.45, 7) is 0.694. The van der Waals surface area contributed by atoms with Gasteiger partial charge in [0, 0.05) is 0 Å². The monoisotopic (exact) mass is 249 g/mol. The van der Waals surface area contributed by atoms with Crippen molar-refractivity contribution in [3.05, 3.63) is 40.7 Å². The Hall–Kier alpha value is -0.0461. The Balaban J connectivity index is 0.000000845. The van der Waals surface area contributed by atoms with Crippen molar-refractivity contribution >= 4 is 6.29 Å². The van der Waals surface area contributed by atoms with E-state index in [1.165, 1.54) is 11.1 Å². The molecule has 0 fully saturated rings. The van der Waals surface area contributed by atoms with Gasteiger partial charge < -0.3 is 10.1 Å². The molecule has 0 saturated carbocycles. The van der Waals surface area contributed by atoms with Gasteiger partial charge in [-0.2, -0.15) is 0 Å². The number of aldehydes is 1. The normalized spacial score (nSPS) is 19.8. The molecule has 0 amide bonds. The molecule has 1 aromatic rings. The zero-order valence-corrected chi connectivity index (χ0v) is 10.1. The van der Waals surface area contributed by atoms with Gasteiger partial charge in [-0.05, 0) is 12.0 Å². The van der Waals surface area contributed by atoms with E-state index in [1.807, 2.05) is 12.1 Å². The van der Waals surface area contributed by atoms with Crippen LogP contribution in [0, 0.1) is 0 Å². The third-order valence-corrected chi connectivity index (χ3v) is 2.20. The minimum absolute atomic E-state index is 0. The molecule has 0 saturated heterocycles. The molecule has 2 nitrogen and oxygen atoms in total. The van der Waals surface area contributed by atoms with E-state index in [4.69, 9.17) is 0 Å². The van der Waals surface area contributed by atoms with Crippen molar-refractivity contribution < 1.29 is 37.5 Å². The summed E-state index contributed by atoms with van der Waals surface area (Å²) >= 11 is 0. The van der Waals surface area contributed by atoms with Gasteiger partial charge in [0.25, 0.3) is 0 Å². The van der Waals surface area contributed by atoms with Crippen LogP contribution in [0.5, 0.6) is 0 Å². The number of fused-ring (bicyclic) bond motifs is 1. The Labute approximate surface area is 103 Å². The van der Waals surface area contributed by atoms with Crippen molar-refractivity contribution in [1.82, 2.24) is 0 Å². The Bertz CT molecular complexity index is 301. The fourth-order valence-electron chi connectivity index (χ4n) is 1.51. The smallest absolute Gasteiger partial charge is 0.649 e. The van der Waals surface area contributed by atoms with Crippen LogP contribution in [-0.2, 0) is 50.5 Å². The van der Waals surface area contributed by atoms with E-state index >= 15 is 0 Å². The van der Waals surface area contributed by atoms with Crippen molar-refractivity contribution in [2.45, 2.75) is 19.0 Å². The summed E-state index contributed by atoms with van der Waals surface area (Å²) in [6, 6.07) is 8.04. The van der Waals surface area contributed by atoms with Gasteiger partial charge >= 0.3 is 32.7 Å². The van der Waals surface area contributed by atoms with Crippen LogP contribution in [0.3, 0.4) is 0 Å². The van der Waals surface area contributed by atoms with E-state index in [9.17, 15) is 4.79 Å². The Morgan fingerprint density at radius 3 is 2.69 bits per heavy atom. The van der Waals surface area contributed by atoms with Gasteiger partial charge in [0.2, 0.25) is 0 Å². The number of carbonyl (C=O) groups is 1. The Kier molecular flexibility index (Phi) is 4.23. The first-order valence-corrected chi connectivity index (χ1v) is 4.09. The van der Waals surface area contributed by atoms with Crippen LogP contribution in [0.1, 0.15) is 11.1 Å². The first-order chi connectivity index (χ1) is 5.90. The molecule has 0 aromatic heterocycles. The van der Waals surface area contributed by atoms with Crippen LogP contribution in [0.15, 0.2) is 24.3 Å². The van der Waals surface area contributed by atoms with Gasteiger partial charge in [0.05, 0.1) is 0 Å². The third kappa shape index (κ3) is 2.46. The van der Waals surface area contributed by atoms with Crippen LogP contribution in [-0.4, -0.2) is 12.3 Å². The summed E-state index contributed by atoms with van der Waals surface area (Å²) in [7, 11) is 0. The SMILES string of the molecule is O=CC1Cc2ccccc2C[N-]1.[Y+3]. The maximum atomic E-state index is 10.5. The van der Waals surface area contributed by atoms with E-state index in [0.717, 1.165) is 12.7 Å². The van der Waals surface area contributed by atoms with Gasteiger partial charge in [-0.1, -0.05) is 35.9 Å². The second kappa shape index (κ2) is 4.99. The zero-order chi connectivity index (χ0) is 8.39. The number of benzene rings is 1. The second-order valence-corrected chi connectivity index (χ2v) is 3.02. The molecule has 62 valence electrons. The van der Waals surface area contributed by atoms with Crippen LogP contribution in [0.2, 0.25) is 0 Å². The topological polar surface area (TPSA) is 31.2 Å². The molecule has 1 aliphatic rings. The molecule has 1 heterocycles. The summed E-state index contributed by atoms with van der Waals surface area (Å²) in [5.74, 6) is 0. The molecule has 0 aliphatic carbocycles. The standard InChI is InChI=1S/C10H10NO.Y/c12-7-10-5-8-3-1-2-4-9(8)6-11-10;/h1-4,7,10H,5-6H2;/q-1;+3. The molecule has 0 N–H and O–H groups in total. The molecule has 3 heteroatoms. The van der Waals surface area contributed by atoms with Gasteiger partial charge in [0.1, 0.15) is 6.29 Å². The number of hydrogen-bond donors (Lipinski definition) is 0.